The summed E-state index contributed by atoms with van der Waals surface area (Å²) in [5.74, 6) is 0.159. The van der Waals surface area contributed by atoms with E-state index in [0.29, 0.717) is 19.0 Å². The summed E-state index contributed by atoms with van der Waals surface area (Å²) in [5, 5.41) is 0.137. The Labute approximate surface area is 177 Å². The van der Waals surface area contributed by atoms with E-state index in [1.54, 1.807) is 13.1 Å². The predicted octanol–water partition coefficient (Wildman–Crippen LogP) is 3.85. The summed E-state index contributed by atoms with van der Waals surface area (Å²) in [5.41, 5.74) is 3.08. The van der Waals surface area contributed by atoms with Crippen molar-refractivity contribution in [3.05, 3.63) is 83.4 Å². The van der Waals surface area contributed by atoms with E-state index in [9.17, 15) is 12.8 Å². The van der Waals surface area contributed by atoms with Gasteiger partial charge in [-0.3, -0.25) is 4.90 Å². The summed E-state index contributed by atoms with van der Waals surface area (Å²) in [4.78, 5) is 6.60. The fourth-order valence-corrected chi connectivity index (χ4v) is 5.03. The third kappa shape index (κ3) is 4.47. The molecule has 0 N–H and O–H groups in total. The lowest BCUT2D eigenvalue weighted by Crippen LogP contribution is -2.23. The van der Waals surface area contributed by atoms with Crippen LogP contribution in [0.4, 0.5) is 4.39 Å². The highest BCUT2D eigenvalue weighted by Gasteiger charge is 2.27. The molecule has 1 unspecified atom stereocenters. The van der Waals surface area contributed by atoms with Crippen LogP contribution in [0, 0.1) is 5.82 Å². The first kappa shape index (κ1) is 20.8. The Bertz CT molecular complexity index is 1100. The minimum Gasteiger partial charge on any atom is -0.313 e. The highest BCUT2D eigenvalue weighted by Crippen LogP contribution is 2.29. The summed E-state index contributed by atoms with van der Waals surface area (Å²) in [6.45, 7) is 4.52. The maximum atomic E-state index is 13.2. The molecule has 2 heterocycles. The van der Waals surface area contributed by atoms with Gasteiger partial charge in [-0.05, 0) is 42.1 Å². The molecule has 5 nitrogen and oxygen atoms in total. The van der Waals surface area contributed by atoms with Gasteiger partial charge >= 0.3 is 0 Å². The number of benzene rings is 2. The van der Waals surface area contributed by atoms with E-state index >= 15 is 0 Å². The Morgan fingerprint density at radius 3 is 2.50 bits per heavy atom. The zero-order chi connectivity index (χ0) is 21.1. The molecule has 0 radical (unpaired) electrons. The molecule has 0 spiro atoms. The van der Waals surface area contributed by atoms with E-state index in [1.807, 2.05) is 47.0 Å². The number of halogens is 1. The maximum absolute atomic E-state index is 13.2. The number of likely N-dealkylation sites (tertiary alicyclic amines) is 1. The predicted molar refractivity (Wildman–Crippen MR) is 115 cm³/mol. The Kier molecular flexibility index (Phi) is 6.01. The molecule has 30 heavy (non-hydrogen) atoms. The third-order valence-electron chi connectivity index (χ3n) is 5.74. The minimum atomic E-state index is -3.42. The van der Waals surface area contributed by atoms with Crippen molar-refractivity contribution in [2.45, 2.75) is 37.5 Å². The average Bonchev–Trinajstić information content (AvgIpc) is 3.38. The Balaban J connectivity index is 1.56. The molecule has 0 bridgehead atoms. The number of aromatic nitrogens is 2. The largest absolute Gasteiger partial charge is 0.313 e. The van der Waals surface area contributed by atoms with Crippen LogP contribution in [-0.2, 0) is 22.9 Å². The van der Waals surface area contributed by atoms with Gasteiger partial charge in [0, 0.05) is 13.1 Å². The van der Waals surface area contributed by atoms with Gasteiger partial charge < -0.3 is 4.57 Å². The number of hydrogen-bond donors (Lipinski definition) is 0. The molecular formula is C23H26FN3O2S. The third-order valence-corrected chi connectivity index (χ3v) is 7.38. The van der Waals surface area contributed by atoms with Crippen molar-refractivity contribution in [1.29, 1.82) is 0 Å². The van der Waals surface area contributed by atoms with Crippen molar-refractivity contribution in [2.75, 3.05) is 18.8 Å². The standard InChI is InChI=1S/C23H26FN3O2S/c1-2-30(28,29)23-25-14-22(27(23)15-18-6-4-3-5-7-18)17-26-13-12-20(16-26)19-8-10-21(24)11-9-19/h3-11,14,20H,2,12-13,15-17H2,1H3. The van der Waals surface area contributed by atoms with Gasteiger partial charge in [0.25, 0.3) is 0 Å². The zero-order valence-electron chi connectivity index (χ0n) is 17.0. The summed E-state index contributed by atoms with van der Waals surface area (Å²) >= 11 is 0. The molecule has 1 aliphatic heterocycles. The van der Waals surface area contributed by atoms with E-state index in [4.69, 9.17) is 0 Å². The Hall–Kier alpha value is -2.51. The number of imidazole rings is 1. The molecule has 3 aromatic rings. The van der Waals surface area contributed by atoms with Gasteiger partial charge in [-0.2, -0.15) is 0 Å². The number of nitrogens with zero attached hydrogens (tertiary/aromatic N) is 3. The molecule has 0 saturated carbocycles. The fraction of sp³-hybridized carbons (Fsp3) is 0.348. The monoisotopic (exact) mass is 427 g/mol. The first-order valence-electron chi connectivity index (χ1n) is 10.2. The number of rotatable bonds is 7. The molecule has 1 atom stereocenters. The molecule has 7 heteroatoms. The van der Waals surface area contributed by atoms with Gasteiger partial charge in [0.05, 0.1) is 24.2 Å². The summed E-state index contributed by atoms with van der Waals surface area (Å²) in [6.07, 6.45) is 2.69. The molecule has 1 aliphatic rings. The highest BCUT2D eigenvalue weighted by atomic mass is 32.2. The first-order chi connectivity index (χ1) is 14.5. The smallest absolute Gasteiger partial charge is 0.228 e. The van der Waals surface area contributed by atoms with Crippen molar-refractivity contribution in [3.63, 3.8) is 0 Å². The molecule has 1 aromatic heterocycles. The van der Waals surface area contributed by atoms with Gasteiger partial charge in [0.1, 0.15) is 5.82 Å². The fourth-order valence-electron chi connectivity index (χ4n) is 4.04. The summed E-state index contributed by atoms with van der Waals surface area (Å²) in [7, 11) is -3.42. The number of hydrogen-bond acceptors (Lipinski definition) is 4. The lowest BCUT2D eigenvalue weighted by Gasteiger charge is -2.18. The molecule has 2 aromatic carbocycles. The Morgan fingerprint density at radius 2 is 1.80 bits per heavy atom. The van der Waals surface area contributed by atoms with Crippen LogP contribution in [0.2, 0.25) is 0 Å². The van der Waals surface area contributed by atoms with Crippen LogP contribution in [0.25, 0.3) is 0 Å². The van der Waals surface area contributed by atoms with Gasteiger partial charge in [0.2, 0.25) is 15.0 Å². The SMILES string of the molecule is CCS(=O)(=O)c1ncc(CN2CCC(c3ccc(F)cc3)C2)n1Cc1ccccc1. The van der Waals surface area contributed by atoms with Crippen LogP contribution in [0.3, 0.4) is 0 Å². The van der Waals surface area contributed by atoms with Gasteiger partial charge in [-0.1, -0.05) is 49.4 Å². The van der Waals surface area contributed by atoms with Crippen LogP contribution >= 0.6 is 0 Å². The van der Waals surface area contributed by atoms with E-state index in [2.05, 4.69) is 9.88 Å². The minimum absolute atomic E-state index is 0.0224. The molecule has 0 aliphatic carbocycles. The summed E-state index contributed by atoms with van der Waals surface area (Å²) < 4.78 is 40.3. The van der Waals surface area contributed by atoms with Crippen molar-refractivity contribution < 1.29 is 12.8 Å². The van der Waals surface area contributed by atoms with Crippen LogP contribution in [0.1, 0.15) is 36.1 Å². The average molecular weight is 428 g/mol. The second-order valence-electron chi connectivity index (χ2n) is 7.78. The molecule has 158 valence electrons. The molecular weight excluding hydrogens is 401 g/mol. The normalized spacial score (nSPS) is 17.5. The van der Waals surface area contributed by atoms with Crippen LogP contribution in [0.15, 0.2) is 66.0 Å². The zero-order valence-corrected chi connectivity index (χ0v) is 17.9. The molecule has 1 fully saturated rings. The number of sulfone groups is 1. The second-order valence-corrected chi connectivity index (χ2v) is 9.95. The van der Waals surface area contributed by atoms with E-state index in [-0.39, 0.29) is 16.7 Å². The topological polar surface area (TPSA) is 55.2 Å². The van der Waals surface area contributed by atoms with Gasteiger partial charge in [-0.25, -0.2) is 17.8 Å². The quantitative estimate of drug-likeness (QED) is 0.575. The van der Waals surface area contributed by atoms with E-state index < -0.39 is 9.84 Å². The van der Waals surface area contributed by atoms with Crippen LogP contribution in [-0.4, -0.2) is 41.7 Å². The molecule has 4 rings (SSSR count). The van der Waals surface area contributed by atoms with Crippen LogP contribution in [0.5, 0.6) is 0 Å². The summed E-state index contributed by atoms with van der Waals surface area (Å²) in [6, 6.07) is 16.6. The van der Waals surface area contributed by atoms with E-state index in [0.717, 1.165) is 36.3 Å². The molecule has 0 amide bonds. The second kappa shape index (κ2) is 8.70. The van der Waals surface area contributed by atoms with Gasteiger partial charge in [0.15, 0.2) is 0 Å². The van der Waals surface area contributed by atoms with Crippen LogP contribution < -0.4 is 0 Å². The lowest BCUT2D eigenvalue weighted by molar-refractivity contribution is 0.316. The van der Waals surface area contributed by atoms with Crippen molar-refractivity contribution >= 4 is 9.84 Å². The lowest BCUT2D eigenvalue weighted by atomic mass is 9.99. The molecule has 1 saturated heterocycles. The van der Waals surface area contributed by atoms with Crippen molar-refractivity contribution in [2.24, 2.45) is 0 Å². The van der Waals surface area contributed by atoms with Crippen molar-refractivity contribution in [3.8, 4) is 0 Å². The Morgan fingerprint density at radius 1 is 1.07 bits per heavy atom. The van der Waals surface area contributed by atoms with Gasteiger partial charge in [-0.15, -0.1) is 0 Å². The van der Waals surface area contributed by atoms with E-state index in [1.165, 1.54) is 12.1 Å². The maximum Gasteiger partial charge on any atom is 0.228 e. The van der Waals surface area contributed by atoms with Crippen molar-refractivity contribution in [1.82, 2.24) is 14.5 Å². The highest BCUT2D eigenvalue weighted by molar-refractivity contribution is 7.91. The first-order valence-corrected chi connectivity index (χ1v) is 11.9.